The third-order valence-electron chi connectivity index (χ3n) is 5.66. The first-order valence-corrected chi connectivity index (χ1v) is 12.6. The Morgan fingerprint density at radius 1 is 1.05 bits per heavy atom. The molecule has 0 bridgehead atoms. The topological polar surface area (TPSA) is 125 Å². The van der Waals surface area contributed by atoms with E-state index in [0.29, 0.717) is 32.8 Å². The molecule has 1 heterocycles. The van der Waals surface area contributed by atoms with E-state index in [4.69, 9.17) is 9.47 Å². The van der Waals surface area contributed by atoms with E-state index >= 15 is 0 Å². The van der Waals surface area contributed by atoms with Gasteiger partial charge in [0.05, 0.1) is 17.3 Å². The number of nitrogens with zero attached hydrogens (tertiary/aromatic N) is 2. The number of aromatic amines is 1. The minimum absolute atomic E-state index is 0.236. The fraction of sp³-hybridized carbons (Fsp3) is 0.185. The number of halogens is 4. The van der Waals surface area contributed by atoms with Crippen molar-refractivity contribution in [1.82, 2.24) is 20.1 Å². The highest BCUT2D eigenvalue weighted by molar-refractivity contribution is 9.10. The molecule has 0 atom stereocenters. The second kappa shape index (κ2) is 11.9. The van der Waals surface area contributed by atoms with Crippen molar-refractivity contribution < 1.29 is 32.2 Å². The van der Waals surface area contributed by atoms with Gasteiger partial charge in [-0.1, -0.05) is 12.1 Å². The number of benzene rings is 3. The van der Waals surface area contributed by atoms with Crippen LogP contribution in [0.1, 0.15) is 27.2 Å². The molecule has 0 spiro atoms. The molecule has 0 unspecified atom stereocenters. The van der Waals surface area contributed by atoms with Crippen LogP contribution >= 0.6 is 15.9 Å². The third kappa shape index (κ3) is 7.14. The third-order valence-corrected chi connectivity index (χ3v) is 6.28. The summed E-state index contributed by atoms with van der Waals surface area (Å²) in [4.78, 5) is 39.8. The van der Waals surface area contributed by atoms with Crippen molar-refractivity contribution in [1.29, 1.82) is 0 Å². The molecular formula is C27H22BrF3N4O6. The van der Waals surface area contributed by atoms with Crippen LogP contribution in [-0.4, -0.2) is 34.1 Å². The Morgan fingerprint density at radius 2 is 1.76 bits per heavy atom. The smallest absolute Gasteiger partial charge is 0.496 e. The zero-order valence-electron chi connectivity index (χ0n) is 21.8. The number of methoxy groups -OCH3 is 1. The van der Waals surface area contributed by atoms with Crippen molar-refractivity contribution in [3.05, 3.63) is 102 Å². The van der Waals surface area contributed by atoms with Crippen molar-refractivity contribution in [2.45, 2.75) is 26.8 Å². The van der Waals surface area contributed by atoms with E-state index < -0.39 is 35.0 Å². The lowest BCUT2D eigenvalue weighted by atomic mass is 10.1. The van der Waals surface area contributed by atoms with Crippen LogP contribution in [0.15, 0.2) is 68.7 Å². The van der Waals surface area contributed by atoms with Crippen LogP contribution < -0.4 is 30.8 Å². The Bertz CT molecular complexity index is 1710. The fourth-order valence-corrected chi connectivity index (χ4v) is 4.40. The highest BCUT2D eigenvalue weighted by atomic mass is 79.9. The van der Waals surface area contributed by atoms with E-state index in [1.54, 1.807) is 51.3 Å². The van der Waals surface area contributed by atoms with Crippen LogP contribution in [0.4, 0.5) is 13.2 Å². The Labute approximate surface area is 238 Å². The summed E-state index contributed by atoms with van der Waals surface area (Å²) in [5.41, 5.74) is -0.721. The number of aromatic nitrogens is 3. The summed E-state index contributed by atoms with van der Waals surface area (Å²) in [6.07, 6.45) is -4.87. The maximum Gasteiger partial charge on any atom is 0.573 e. The standard InChI is InChI=1S/C27H22BrF3N4O6/c1-14-9-17(10-15(2)23(14)40-18-7-8-21(39-3)20(28)12-18)35-26(38)33-25(37)22(34-35)24(36)32-13-16-5-4-6-19(11-16)41-27(29,30)31/h4-12H,13H2,1-3H3,(H,32,36)(H,33,37,38). The van der Waals surface area contributed by atoms with E-state index in [2.05, 4.69) is 36.1 Å². The Morgan fingerprint density at radius 3 is 2.39 bits per heavy atom. The Kier molecular flexibility index (Phi) is 8.52. The lowest BCUT2D eigenvalue weighted by molar-refractivity contribution is -0.274. The van der Waals surface area contributed by atoms with Gasteiger partial charge in [-0.15, -0.1) is 13.2 Å². The minimum Gasteiger partial charge on any atom is -0.496 e. The van der Waals surface area contributed by atoms with Gasteiger partial charge in [-0.2, -0.15) is 9.78 Å². The molecule has 0 aliphatic rings. The first-order chi connectivity index (χ1) is 19.3. The minimum atomic E-state index is -4.87. The van der Waals surface area contributed by atoms with Gasteiger partial charge in [0.25, 0.3) is 11.5 Å². The molecule has 1 amide bonds. The molecule has 4 rings (SSSR count). The van der Waals surface area contributed by atoms with Gasteiger partial charge in [0.15, 0.2) is 0 Å². The molecule has 10 nitrogen and oxygen atoms in total. The molecule has 0 aliphatic carbocycles. The first kappa shape index (κ1) is 29.4. The largest absolute Gasteiger partial charge is 0.573 e. The quantitative estimate of drug-likeness (QED) is 0.282. The van der Waals surface area contributed by atoms with Gasteiger partial charge in [0, 0.05) is 6.54 Å². The van der Waals surface area contributed by atoms with Crippen LogP contribution in [0, 0.1) is 13.8 Å². The van der Waals surface area contributed by atoms with E-state index in [1.165, 1.54) is 12.1 Å². The van der Waals surface area contributed by atoms with Gasteiger partial charge < -0.3 is 19.5 Å². The molecule has 2 N–H and O–H groups in total. The lowest BCUT2D eigenvalue weighted by Crippen LogP contribution is -2.39. The summed E-state index contributed by atoms with van der Waals surface area (Å²) in [7, 11) is 1.55. The van der Waals surface area contributed by atoms with E-state index in [0.717, 1.165) is 16.8 Å². The van der Waals surface area contributed by atoms with Crippen molar-refractivity contribution in [2.75, 3.05) is 7.11 Å². The summed E-state index contributed by atoms with van der Waals surface area (Å²) in [5, 5.41) is 6.37. The number of hydrogen-bond acceptors (Lipinski definition) is 7. The van der Waals surface area contributed by atoms with Crippen LogP contribution in [0.2, 0.25) is 0 Å². The molecular weight excluding hydrogens is 613 g/mol. The SMILES string of the molecule is COc1ccc(Oc2c(C)cc(-n3nc(C(=O)NCc4cccc(OC(F)(F)F)c4)c(=O)[nH]c3=O)cc2C)cc1Br. The van der Waals surface area contributed by atoms with Gasteiger partial charge in [-0.05, 0) is 88.9 Å². The monoisotopic (exact) mass is 634 g/mol. The van der Waals surface area contributed by atoms with Crippen molar-refractivity contribution in [3.63, 3.8) is 0 Å². The molecule has 0 saturated carbocycles. The molecule has 0 saturated heterocycles. The van der Waals surface area contributed by atoms with E-state index in [9.17, 15) is 27.6 Å². The number of amides is 1. The molecule has 0 aliphatic heterocycles. The molecule has 41 heavy (non-hydrogen) atoms. The molecule has 0 radical (unpaired) electrons. The van der Waals surface area contributed by atoms with E-state index in [1.807, 2.05) is 0 Å². The number of alkyl halides is 3. The lowest BCUT2D eigenvalue weighted by Gasteiger charge is -2.15. The summed E-state index contributed by atoms with van der Waals surface area (Å²) in [6.45, 7) is 3.27. The normalized spacial score (nSPS) is 11.2. The van der Waals surface area contributed by atoms with Gasteiger partial charge in [0.1, 0.15) is 23.0 Å². The summed E-state index contributed by atoms with van der Waals surface area (Å²) in [6, 6.07) is 13.4. The predicted molar refractivity (Wildman–Crippen MR) is 145 cm³/mol. The highest BCUT2D eigenvalue weighted by Crippen LogP contribution is 2.34. The van der Waals surface area contributed by atoms with Gasteiger partial charge >= 0.3 is 12.1 Å². The van der Waals surface area contributed by atoms with Crippen LogP contribution in [-0.2, 0) is 6.54 Å². The summed E-state index contributed by atoms with van der Waals surface area (Å²) < 4.78 is 54.2. The highest BCUT2D eigenvalue weighted by Gasteiger charge is 2.31. The second-order valence-corrected chi connectivity index (χ2v) is 9.56. The molecule has 214 valence electrons. The fourth-order valence-electron chi connectivity index (χ4n) is 3.88. The van der Waals surface area contributed by atoms with Crippen molar-refractivity contribution in [3.8, 4) is 28.7 Å². The first-order valence-electron chi connectivity index (χ1n) is 11.8. The molecule has 4 aromatic rings. The molecule has 3 aromatic carbocycles. The number of nitrogens with one attached hydrogen (secondary N) is 2. The average Bonchev–Trinajstić information content (AvgIpc) is 2.88. The Balaban J connectivity index is 1.57. The maximum atomic E-state index is 12.8. The number of aryl methyl sites for hydroxylation is 2. The van der Waals surface area contributed by atoms with Crippen LogP contribution in [0.5, 0.6) is 23.0 Å². The maximum absolute atomic E-state index is 12.8. The summed E-state index contributed by atoms with van der Waals surface area (Å²) >= 11 is 3.41. The predicted octanol–water partition coefficient (Wildman–Crippen LogP) is 4.93. The molecule has 1 aromatic heterocycles. The summed E-state index contributed by atoms with van der Waals surface area (Å²) in [5.74, 6) is 0.282. The molecule has 14 heteroatoms. The van der Waals surface area contributed by atoms with E-state index in [-0.39, 0.29) is 17.8 Å². The van der Waals surface area contributed by atoms with Crippen LogP contribution in [0.3, 0.4) is 0 Å². The number of H-pyrrole nitrogens is 1. The van der Waals surface area contributed by atoms with Crippen molar-refractivity contribution in [2.24, 2.45) is 0 Å². The number of rotatable bonds is 8. The number of hydrogen-bond donors (Lipinski definition) is 2. The average molecular weight is 635 g/mol. The number of carbonyl (C=O) groups excluding carboxylic acids is 1. The van der Waals surface area contributed by atoms with Gasteiger partial charge in [-0.3, -0.25) is 14.6 Å². The van der Waals surface area contributed by atoms with Crippen LogP contribution in [0.25, 0.3) is 5.69 Å². The number of ether oxygens (including phenoxy) is 3. The zero-order chi connectivity index (χ0) is 29.9. The van der Waals surface area contributed by atoms with Gasteiger partial charge in [-0.25, -0.2) is 4.79 Å². The zero-order valence-corrected chi connectivity index (χ0v) is 23.3. The van der Waals surface area contributed by atoms with Crippen molar-refractivity contribution >= 4 is 21.8 Å². The second-order valence-electron chi connectivity index (χ2n) is 8.70. The number of carbonyl (C=O) groups is 1. The van der Waals surface area contributed by atoms with Gasteiger partial charge in [0.2, 0.25) is 5.69 Å². The Hall–Kier alpha value is -4.59. The molecule has 0 fully saturated rings.